The fourth-order valence-corrected chi connectivity index (χ4v) is 3.36. The van der Waals surface area contributed by atoms with Crippen LogP contribution in [-0.4, -0.2) is 15.7 Å². The minimum Gasteiger partial charge on any atom is -0.397 e. The van der Waals surface area contributed by atoms with Crippen LogP contribution in [0.5, 0.6) is 0 Å². The molecule has 108 valence electrons. The quantitative estimate of drug-likeness (QED) is 0.780. The van der Waals surface area contributed by atoms with Crippen molar-refractivity contribution in [1.82, 2.24) is 15.1 Å². The van der Waals surface area contributed by atoms with Gasteiger partial charge >= 0.3 is 0 Å². The van der Waals surface area contributed by atoms with Crippen LogP contribution >= 0.6 is 11.3 Å². The molecule has 1 aromatic carbocycles. The van der Waals surface area contributed by atoms with E-state index >= 15 is 0 Å². The van der Waals surface area contributed by atoms with E-state index in [1.165, 1.54) is 11.3 Å². The number of nitrogens with two attached hydrogens (primary N) is 1. The maximum atomic E-state index is 12.3. The second-order valence-corrected chi connectivity index (χ2v) is 6.10. The molecule has 0 aliphatic rings. The summed E-state index contributed by atoms with van der Waals surface area (Å²) in [5, 5.41) is 7.90. The molecule has 0 radical (unpaired) electrons. The van der Waals surface area contributed by atoms with Crippen LogP contribution in [0.25, 0.3) is 10.1 Å². The number of nitrogens with one attached hydrogen (secondary N) is 1. The van der Waals surface area contributed by atoms with Crippen LogP contribution in [-0.2, 0) is 13.6 Å². The van der Waals surface area contributed by atoms with Crippen molar-refractivity contribution in [3.8, 4) is 0 Å². The molecule has 5 nitrogen and oxygen atoms in total. The van der Waals surface area contributed by atoms with Gasteiger partial charge in [0.25, 0.3) is 5.91 Å². The highest BCUT2D eigenvalue weighted by atomic mass is 32.1. The number of rotatable bonds is 3. The molecule has 3 rings (SSSR count). The zero-order chi connectivity index (χ0) is 15.0. The number of carbonyl (C=O) groups is 1. The first-order valence-electron chi connectivity index (χ1n) is 6.59. The van der Waals surface area contributed by atoms with Crippen LogP contribution < -0.4 is 11.1 Å². The number of aryl methyl sites for hydroxylation is 2. The van der Waals surface area contributed by atoms with Gasteiger partial charge in [-0.3, -0.25) is 9.48 Å². The van der Waals surface area contributed by atoms with Crippen LogP contribution in [0.1, 0.15) is 20.8 Å². The van der Waals surface area contributed by atoms with E-state index in [0.717, 1.165) is 21.2 Å². The Bertz CT molecular complexity index is 818. The van der Waals surface area contributed by atoms with Crippen molar-refractivity contribution >= 4 is 33.0 Å². The summed E-state index contributed by atoms with van der Waals surface area (Å²) < 4.78 is 2.75. The highest BCUT2D eigenvalue weighted by molar-refractivity contribution is 7.21. The topological polar surface area (TPSA) is 72.9 Å². The Kier molecular flexibility index (Phi) is 3.39. The normalized spacial score (nSPS) is 11.0. The largest absolute Gasteiger partial charge is 0.397 e. The highest BCUT2D eigenvalue weighted by Crippen LogP contribution is 2.34. The molecule has 2 aromatic heterocycles. The Morgan fingerprint density at radius 1 is 1.48 bits per heavy atom. The first kappa shape index (κ1) is 13.6. The standard InChI is InChI=1S/C15H16N4OS/c1-9-3-4-11-12(5-9)21-14(13(11)16)15(20)17-6-10-7-18-19(2)8-10/h3-5,7-8H,6,16H2,1-2H3,(H,17,20). The summed E-state index contributed by atoms with van der Waals surface area (Å²) in [6.45, 7) is 2.47. The summed E-state index contributed by atoms with van der Waals surface area (Å²) in [5.41, 5.74) is 8.77. The number of hydrogen-bond acceptors (Lipinski definition) is 4. The number of amides is 1. The summed E-state index contributed by atoms with van der Waals surface area (Å²) >= 11 is 1.43. The highest BCUT2D eigenvalue weighted by Gasteiger charge is 2.16. The fourth-order valence-electron chi connectivity index (χ4n) is 2.22. The van der Waals surface area contributed by atoms with Crippen LogP contribution in [0.4, 0.5) is 5.69 Å². The van der Waals surface area contributed by atoms with Gasteiger partial charge in [0, 0.05) is 35.4 Å². The van der Waals surface area contributed by atoms with Crippen LogP contribution in [0.15, 0.2) is 30.6 Å². The van der Waals surface area contributed by atoms with Gasteiger partial charge in [-0.2, -0.15) is 5.10 Å². The molecular formula is C15H16N4OS. The molecule has 0 fully saturated rings. The molecule has 21 heavy (non-hydrogen) atoms. The van der Waals surface area contributed by atoms with E-state index < -0.39 is 0 Å². The summed E-state index contributed by atoms with van der Waals surface area (Å²) in [7, 11) is 1.84. The maximum absolute atomic E-state index is 12.3. The Morgan fingerprint density at radius 3 is 3.00 bits per heavy atom. The van der Waals surface area contributed by atoms with Crippen LogP contribution in [0.2, 0.25) is 0 Å². The smallest absolute Gasteiger partial charge is 0.263 e. The first-order chi connectivity index (χ1) is 10.0. The molecule has 0 aliphatic carbocycles. The SMILES string of the molecule is Cc1ccc2c(N)c(C(=O)NCc3cnn(C)c3)sc2c1. The number of anilines is 1. The second kappa shape index (κ2) is 5.21. The lowest BCUT2D eigenvalue weighted by Gasteiger charge is -2.02. The number of fused-ring (bicyclic) bond motifs is 1. The molecular weight excluding hydrogens is 284 g/mol. The van der Waals surface area contributed by atoms with E-state index in [4.69, 9.17) is 5.73 Å². The van der Waals surface area contributed by atoms with Crippen LogP contribution in [0.3, 0.4) is 0 Å². The number of aromatic nitrogens is 2. The average Bonchev–Trinajstić information content (AvgIpc) is 3.00. The van der Waals surface area contributed by atoms with Gasteiger partial charge in [-0.05, 0) is 18.6 Å². The number of thiophene rings is 1. The van der Waals surface area contributed by atoms with Gasteiger partial charge in [0.05, 0.1) is 11.9 Å². The van der Waals surface area contributed by atoms with E-state index in [2.05, 4.69) is 10.4 Å². The Hall–Kier alpha value is -2.34. The van der Waals surface area contributed by atoms with Gasteiger partial charge in [0.1, 0.15) is 4.88 Å². The maximum Gasteiger partial charge on any atom is 0.263 e. The summed E-state index contributed by atoms with van der Waals surface area (Å²) in [6.07, 6.45) is 3.61. The lowest BCUT2D eigenvalue weighted by Crippen LogP contribution is -2.22. The monoisotopic (exact) mass is 300 g/mol. The Morgan fingerprint density at radius 2 is 2.29 bits per heavy atom. The van der Waals surface area contributed by atoms with Crippen molar-refractivity contribution in [2.75, 3.05) is 5.73 Å². The van der Waals surface area contributed by atoms with Crippen molar-refractivity contribution in [1.29, 1.82) is 0 Å². The molecule has 0 atom stereocenters. The second-order valence-electron chi connectivity index (χ2n) is 5.05. The number of nitrogen functional groups attached to an aromatic ring is 1. The predicted octanol–water partition coefficient (Wildman–Crippen LogP) is 2.46. The molecule has 2 heterocycles. The van der Waals surface area contributed by atoms with Crippen molar-refractivity contribution < 1.29 is 4.79 Å². The number of carbonyl (C=O) groups excluding carboxylic acids is 1. The average molecular weight is 300 g/mol. The zero-order valence-electron chi connectivity index (χ0n) is 11.9. The van der Waals surface area contributed by atoms with Gasteiger partial charge < -0.3 is 11.1 Å². The number of benzene rings is 1. The van der Waals surface area contributed by atoms with E-state index in [9.17, 15) is 4.79 Å². The summed E-state index contributed by atoms with van der Waals surface area (Å²) in [5.74, 6) is -0.143. The molecule has 0 spiro atoms. The van der Waals surface area contributed by atoms with Gasteiger partial charge in [0.2, 0.25) is 0 Å². The van der Waals surface area contributed by atoms with Crippen molar-refractivity contribution in [2.45, 2.75) is 13.5 Å². The Balaban J connectivity index is 1.82. The van der Waals surface area contributed by atoms with Gasteiger partial charge in [-0.1, -0.05) is 12.1 Å². The number of hydrogen-bond donors (Lipinski definition) is 2. The van der Waals surface area contributed by atoms with E-state index in [1.54, 1.807) is 10.9 Å². The van der Waals surface area contributed by atoms with Gasteiger partial charge in [-0.25, -0.2) is 0 Å². The van der Waals surface area contributed by atoms with Gasteiger partial charge in [0.15, 0.2) is 0 Å². The summed E-state index contributed by atoms with van der Waals surface area (Å²) in [4.78, 5) is 12.9. The van der Waals surface area contributed by atoms with Crippen molar-refractivity contribution in [3.05, 3.63) is 46.6 Å². The first-order valence-corrected chi connectivity index (χ1v) is 7.40. The zero-order valence-corrected chi connectivity index (χ0v) is 12.7. The molecule has 0 saturated carbocycles. The van der Waals surface area contributed by atoms with Gasteiger partial charge in [-0.15, -0.1) is 11.3 Å². The Labute approximate surface area is 126 Å². The minimum absolute atomic E-state index is 0.143. The molecule has 3 N–H and O–H groups in total. The van der Waals surface area contributed by atoms with E-state index in [-0.39, 0.29) is 5.91 Å². The number of nitrogens with zero attached hydrogens (tertiary/aromatic N) is 2. The predicted molar refractivity (Wildman–Crippen MR) is 85.4 cm³/mol. The molecule has 0 bridgehead atoms. The molecule has 0 unspecified atom stereocenters. The molecule has 0 aliphatic heterocycles. The molecule has 1 amide bonds. The van der Waals surface area contributed by atoms with E-state index in [0.29, 0.717) is 17.1 Å². The lowest BCUT2D eigenvalue weighted by molar-refractivity contribution is 0.0956. The molecule has 0 saturated heterocycles. The lowest BCUT2D eigenvalue weighted by atomic mass is 10.1. The van der Waals surface area contributed by atoms with Crippen LogP contribution in [0, 0.1) is 6.92 Å². The summed E-state index contributed by atoms with van der Waals surface area (Å²) in [6, 6.07) is 6.02. The van der Waals surface area contributed by atoms with E-state index in [1.807, 2.05) is 38.4 Å². The minimum atomic E-state index is -0.143. The molecule has 6 heteroatoms. The third-order valence-electron chi connectivity index (χ3n) is 3.30. The third kappa shape index (κ3) is 2.62. The van der Waals surface area contributed by atoms with Crippen molar-refractivity contribution in [2.24, 2.45) is 7.05 Å². The third-order valence-corrected chi connectivity index (χ3v) is 4.47. The fraction of sp³-hybridized carbons (Fsp3) is 0.200. The van der Waals surface area contributed by atoms with Crippen molar-refractivity contribution in [3.63, 3.8) is 0 Å². The molecule has 3 aromatic rings.